The Balaban J connectivity index is 1.63. The Morgan fingerprint density at radius 2 is 1.57 bits per heavy atom. The van der Waals surface area contributed by atoms with Crippen molar-refractivity contribution < 1.29 is 4.79 Å². The smallest absolute Gasteiger partial charge is 0.326 e. The molecule has 1 aromatic heterocycles. The number of aromatic amines is 1. The van der Waals surface area contributed by atoms with Crippen molar-refractivity contribution in [3.05, 3.63) is 105 Å². The third-order valence-electron chi connectivity index (χ3n) is 4.62. The maximum Gasteiger partial charge on any atom is 0.326 e. The zero-order valence-corrected chi connectivity index (χ0v) is 15.7. The van der Waals surface area contributed by atoms with Gasteiger partial charge in [0.1, 0.15) is 6.54 Å². The number of nitrogens with one attached hydrogen (secondary N) is 2. The zero-order valence-electron chi connectivity index (χ0n) is 14.9. The molecule has 3 aromatic carbocycles. The second-order valence-corrected chi connectivity index (χ2v) is 6.93. The van der Waals surface area contributed by atoms with E-state index in [4.69, 9.17) is 11.6 Å². The van der Waals surface area contributed by atoms with Crippen molar-refractivity contribution in [2.75, 3.05) is 0 Å². The summed E-state index contributed by atoms with van der Waals surface area (Å²) in [6.45, 7) is -0.0697. The number of benzene rings is 3. The fourth-order valence-electron chi connectivity index (χ4n) is 3.27. The lowest BCUT2D eigenvalue weighted by Gasteiger charge is -2.20. The average Bonchev–Trinajstić information content (AvgIpc) is 3.03. The topological polar surface area (TPSA) is 66.9 Å². The summed E-state index contributed by atoms with van der Waals surface area (Å²) in [6, 6.07) is 24.0. The molecule has 2 N–H and O–H groups in total. The lowest BCUT2D eigenvalue weighted by atomic mass is 9.98. The van der Waals surface area contributed by atoms with E-state index in [0.717, 1.165) is 11.1 Å². The van der Waals surface area contributed by atoms with Gasteiger partial charge < -0.3 is 10.3 Å². The molecule has 0 spiro atoms. The van der Waals surface area contributed by atoms with Gasteiger partial charge in [-0.05, 0) is 35.4 Å². The number of amides is 1. The fourth-order valence-corrected chi connectivity index (χ4v) is 3.40. The molecule has 1 unspecified atom stereocenters. The Hall–Kier alpha value is -3.31. The molecule has 0 radical (unpaired) electrons. The molecule has 0 fully saturated rings. The first-order chi connectivity index (χ1) is 13.6. The number of para-hydroxylation sites is 2. The maximum absolute atomic E-state index is 12.8. The van der Waals surface area contributed by atoms with E-state index in [-0.39, 0.29) is 24.2 Å². The second kappa shape index (κ2) is 7.74. The molecule has 0 aliphatic heterocycles. The fraction of sp³-hybridized carbons (Fsp3) is 0.0909. The van der Waals surface area contributed by atoms with Crippen LogP contribution in [0.1, 0.15) is 17.2 Å². The maximum atomic E-state index is 12.8. The van der Waals surface area contributed by atoms with Crippen molar-refractivity contribution in [1.29, 1.82) is 0 Å². The van der Waals surface area contributed by atoms with Gasteiger partial charge in [0.25, 0.3) is 0 Å². The zero-order chi connectivity index (χ0) is 19.5. The van der Waals surface area contributed by atoms with Crippen LogP contribution in [0, 0.1) is 0 Å². The molecule has 1 amide bonds. The molecule has 5 nitrogen and oxygen atoms in total. The van der Waals surface area contributed by atoms with Crippen LogP contribution in [0.4, 0.5) is 0 Å². The van der Waals surface area contributed by atoms with E-state index in [1.165, 1.54) is 4.57 Å². The highest BCUT2D eigenvalue weighted by molar-refractivity contribution is 6.30. The summed E-state index contributed by atoms with van der Waals surface area (Å²) in [6.07, 6.45) is 0. The number of fused-ring (bicyclic) bond motifs is 1. The van der Waals surface area contributed by atoms with Gasteiger partial charge in [-0.3, -0.25) is 9.36 Å². The van der Waals surface area contributed by atoms with Gasteiger partial charge in [-0.2, -0.15) is 0 Å². The Bertz CT molecular complexity index is 1160. The van der Waals surface area contributed by atoms with Crippen molar-refractivity contribution >= 4 is 28.5 Å². The SMILES string of the molecule is O=C(Cn1c(=O)[nH]c2ccccc21)NC(c1ccccc1)c1ccc(Cl)cc1. The molecular weight excluding hydrogens is 374 g/mol. The molecule has 0 bridgehead atoms. The van der Waals surface area contributed by atoms with Crippen molar-refractivity contribution in [1.82, 2.24) is 14.9 Å². The molecule has 6 heteroatoms. The Morgan fingerprint density at radius 1 is 0.929 bits per heavy atom. The normalized spacial score (nSPS) is 12.0. The monoisotopic (exact) mass is 391 g/mol. The molecule has 0 aliphatic carbocycles. The van der Waals surface area contributed by atoms with E-state index in [0.29, 0.717) is 16.1 Å². The van der Waals surface area contributed by atoms with Crippen molar-refractivity contribution in [2.45, 2.75) is 12.6 Å². The third-order valence-corrected chi connectivity index (χ3v) is 4.88. The van der Waals surface area contributed by atoms with Crippen molar-refractivity contribution in [3.8, 4) is 0 Å². The van der Waals surface area contributed by atoms with Gasteiger partial charge in [-0.15, -0.1) is 0 Å². The largest absolute Gasteiger partial charge is 0.344 e. The van der Waals surface area contributed by atoms with Gasteiger partial charge >= 0.3 is 5.69 Å². The highest BCUT2D eigenvalue weighted by Crippen LogP contribution is 2.23. The Morgan fingerprint density at radius 3 is 2.32 bits per heavy atom. The van der Waals surface area contributed by atoms with Crippen LogP contribution in [-0.4, -0.2) is 15.5 Å². The van der Waals surface area contributed by atoms with E-state index in [1.807, 2.05) is 66.7 Å². The van der Waals surface area contributed by atoms with Crippen LogP contribution in [0.15, 0.2) is 83.7 Å². The summed E-state index contributed by atoms with van der Waals surface area (Å²) in [5, 5.41) is 3.68. The van der Waals surface area contributed by atoms with Crippen LogP contribution in [-0.2, 0) is 11.3 Å². The quantitative estimate of drug-likeness (QED) is 0.542. The number of halogens is 1. The molecule has 1 atom stereocenters. The molecular formula is C22H18ClN3O2. The van der Waals surface area contributed by atoms with E-state index in [2.05, 4.69) is 10.3 Å². The van der Waals surface area contributed by atoms with Gasteiger partial charge in [0.2, 0.25) is 5.91 Å². The molecule has 4 rings (SSSR count). The number of hydrogen-bond donors (Lipinski definition) is 2. The molecule has 0 saturated carbocycles. The van der Waals surface area contributed by atoms with Gasteiger partial charge in [0.05, 0.1) is 17.1 Å². The van der Waals surface area contributed by atoms with Gasteiger partial charge in [-0.25, -0.2) is 4.79 Å². The predicted molar refractivity (Wildman–Crippen MR) is 110 cm³/mol. The third kappa shape index (κ3) is 3.70. The van der Waals surface area contributed by atoms with Crippen molar-refractivity contribution in [2.24, 2.45) is 0 Å². The molecule has 1 heterocycles. The summed E-state index contributed by atoms with van der Waals surface area (Å²) in [5.74, 6) is -0.254. The lowest BCUT2D eigenvalue weighted by molar-refractivity contribution is -0.122. The Kier molecular flexibility index (Phi) is 5.00. The summed E-state index contributed by atoms with van der Waals surface area (Å²) in [7, 11) is 0. The minimum absolute atomic E-state index is 0.0697. The highest BCUT2D eigenvalue weighted by Gasteiger charge is 2.18. The number of imidazole rings is 1. The second-order valence-electron chi connectivity index (χ2n) is 6.50. The number of H-pyrrole nitrogens is 1. The van der Waals surface area contributed by atoms with Gasteiger partial charge in [0.15, 0.2) is 0 Å². The molecule has 140 valence electrons. The molecule has 0 saturated heterocycles. The van der Waals surface area contributed by atoms with Crippen molar-refractivity contribution in [3.63, 3.8) is 0 Å². The molecule has 4 aromatic rings. The number of rotatable bonds is 5. The molecule has 0 aliphatic rings. The summed E-state index contributed by atoms with van der Waals surface area (Å²) >= 11 is 6.01. The van der Waals surface area contributed by atoms with Crippen LogP contribution >= 0.6 is 11.6 Å². The number of aromatic nitrogens is 2. The minimum Gasteiger partial charge on any atom is -0.344 e. The number of carbonyl (C=O) groups excluding carboxylic acids is 1. The van der Waals surface area contributed by atoms with E-state index in [9.17, 15) is 9.59 Å². The standard InChI is InChI=1S/C22H18ClN3O2/c23-17-12-10-16(11-13-17)21(15-6-2-1-3-7-15)25-20(27)14-26-19-9-5-4-8-18(19)24-22(26)28/h1-13,21H,14H2,(H,24,28)(H,25,27). The summed E-state index contributed by atoms with van der Waals surface area (Å²) in [5.41, 5.74) is 2.96. The van der Waals surface area contributed by atoms with Crippen LogP contribution < -0.4 is 11.0 Å². The lowest BCUT2D eigenvalue weighted by Crippen LogP contribution is -2.34. The molecule has 28 heavy (non-hydrogen) atoms. The van der Waals surface area contributed by atoms with Crippen LogP contribution in [0.25, 0.3) is 11.0 Å². The first-order valence-electron chi connectivity index (χ1n) is 8.89. The van der Waals surface area contributed by atoms with E-state index >= 15 is 0 Å². The van der Waals surface area contributed by atoms with Gasteiger partial charge in [0, 0.05) is 5.02 Å². The highest BCUT2D eigenvalue weighted by atomic mass is 35.5. The van der Waals surface area contributed by atoms with Crippen LogP contribution in [0.3, 0.4) is 0 Å². The Labute approximate surface area is 166 Å². The first-order valence-corrected chi connectivity index (χ1v) is 9.27. The number of nitrogens with zero attached hydrogens (tertiary/aromatic N) is 1. The number of hydrogen-bond acceptors (Lipinski definition) is 2. The first kappa shape index (κ1) is 18.1. The van der Waals surface area contributed by atoms with E-state index in [1.54, 1.807) is 12.1 Å². The summed E-state index contributed by atoms with van der Waals surface area (Å²) in [4.78, 5) is 27.8. The van der Waals surface area contributed by atoms with E-state index < -0.39 is 0 Å². The van der Waals surface area contributed by atoms with Crippen LogP contribution in [0.2, 0.25) is 5.02 Å². The number of carbonyl (C=O) groups is 1. The summed E-state index contributed by atoms with van der Waals surface area (Å²) < 4.78 is 1.44. The average molecular weight is 392 g/mol. The van der Waals surface area contributed by atoms with Crippen LogP contribution in [0.5, 0.6) is 0 Å². The minimum atomic E-state index is -0.341. The van der Waals surface area contributed by atoms with Gasteiger partial charge in [-0.1, -0.05) is 66.2 Å². The predicted octanol–water partition coefficient (Wildman–Crippen LogP) is 3.89.